The molecule has 2 N–H and O–H groups in total. The van der Waals surface area contributed by atoms with Crippen LogP contribution >= 0.6 is 15.9 Å². The fraction of sp³-hybridized carbons (Fsp3) is 0.333. The SMILES string of the molecule is CC.CNC(=O)c1ccc(NC(C)=O)c(Br)c1. The molecule has 0 unspecified atom stereocenters. The number of carbonyl (C=O) groups excluding carboxylic acids is 2. The van der Waals surface area contributed by atoms with Crippen molar-refractivity contribution in [2.75, 3.05) is 12.4 Å². The van der Waals surface area contributed by atoms with Gasteiger partial charge in [0.05, 0.1) is 5.69 Å². The summed E-state index contributed by atoms with van der Waals surface area (Å²) in [6.45, 7) is 5.43. The molecule has 0 aliphatic carbocycles. The Bertz CT molecular complexity index is 405. The van der Waals surface area contributed by atoms with Gasteiger partial charge in [-0.05, 0) is 34.1 Å². The lowest BCUT2D eigenvalue weighted by Gasteiger charge is -2.06. The molecule has 17 heavy (non-hydrogen) atoms. The van der Waals surface area contributed by atoms with Crippen molar-refractivity contribution in [2.45, 2.75) is 20.8 Å². The van der Waals surface area contributed by atoms with Crippen molar-refractivity contribution in [3.8, 4) is 0 Å². The van der Waals surface area contributed by atoms with Crippen LogP contribution < -0.4 is 10.6 Å². The monoisotopic (exact) mass is 300 g/mol. The summed E-state index contributed by atoms with van der Waals surface area (Å²) in [5, 5.41) is 5.16. The maximum atomic E-state index is 11.3. The topological polar surface area (TPSA) is 58.2 Å². The highest BCUT2D eigenvalue weighted by Gasteiger charge is 2.07. The molecule has 94 valence electrons. The Morgan fingerprint density at radius 1 is 1.24 bits per heavy atom. The highest BCUT2D eigenvalue weighted by atomic mass is 79.9. The molecule has 1 aromatic carbocycles. The molecular weight excluding hydrogens is 284 g/mol. The molecular formula is C12H17BrN2O2. The van der Waals surface area contributed by atoms with Gasteiger partial charge in [0.15, 0.2) is 0 Å². The minimum Gasteiger partial charge on any atom is -0.355 e. The summed E-state index contributed by atoms with van der Waals surface area (Å²) in [5.74, 6) is -0.312. The lowest BCUT2D eigenvalue weighted by atomic mass is 10.2. The third-order valence-corrected chi connectivity index (χ3v) is 2.43. The minimum atomic E-state index is -0.162. The zero-order valence-corrected chi connectivity index (χ0v) is 12.0. The number of benzene rings is 1. The molecule has 0 saturated carbocycles. The Labute approximate surface area is 110 Å². The van der Waals surface area contributed by atoms with Gasteiger partial charge in [-0.1, -0.05) is 13.8 Å². The average Bonchev–Trinajstić information content (AvgIpc) is 2.33. The van der Waals surface area contributed by atoms with Crippen LogP contribution in [0.2, 0.25) is 0 Å². The Hall–Kier alpha value is -1.36. The number of rotatable bonds is 2. The molecule has 0 radical (unpaired) electrons. The highest BCUT2D eigenvalue weighted by Crippen LogP contribution is 2.23. The second-order valence-corrected chi connectivity index (χ2v) is 3.81. The summed E-state index contributed by atoms with van der Waals surface area (Å²) in [7, 11) is 1.57. The average molecular weight is 301 g/mol. The summed E-state index contributed by atoms with van der Waals surface area (Å²) < 4.78 is 0.679. The molecule has 1 aromatic rings. The first-order valence-corrected chi connectivity index (χ1v) is 6.13. The van der Waals surface area contributed by atoms with E-state index in [4.69, 9.17) is 0 Å². The number of nitrogens with one attached hydrogen (secondary N) is 2. The molecule has 0 heterocycles. The van der Waals surface area contributed by atoms with Gasteiger partial charge in [-0.2, -0.15) is 0 Å². The number of amides is 2. The van der Waals surface area contributed by atoms with Crippen LogP contribution in [0.25, 0.3) is 0 Å². The molecule has 0 saturated heterocycles. The molecule has 0 aromatic heterocycles. The van der Waals surface area contributed by atoms with Crippen molar-refractivity contribution in [2.24, 2.45) is 0 Å². The van der Waals surface area contributed by atoms with E-state index in [0.29, 0.717) is 15.7 Å². The van der Waals surface area contributed by atoms with E-state index in [1.54, 1.807) is 25.2 Å². The molecule has 4 nitrogen and oxygen atoms in total. The van der Waals surface area contributed by atoms with E-state index in [1.807, 2.05) is 13.8 Å². The smallest absolute Gasteiger partial charge is 0.251 e. The van der Waals surface area contributed by atoms with Crippen LogP contribution in [0.4, 0.5) is 5.69 Å². The van der Waals surface area contributed by atoms with Gasteiger partial charge >= 0.3 is 0 Å². The van der Waals surface area contributed by atoms with E-state index in [0.717, 1.165) is 0 Å². The molecule has 5 heteroatoms. The van der Waals surface area contributed by atoms with Crippen LogP contribution in [-0.2, 0) is 4.79 Å². The van der Waals surface area contributed by atoms with Gasteiger partial charge < -0.3 is 10.6 Å². The molecule has 0 bridgehead atoms. The Kier molecular flexibility index (Phi) is 7.21. The van der Waals surface area contributed by atoms with Crippen LogP contribution in [0.1, 0.15) is 31.1 Å². The zero-order valence-electron chi connectivity index (χ0n) is 10.4. The van der Waals surface area contributed by atoms with Crippen molar-refractivity contribution in [1.29, 1.82) is 0 Å². The molecule has 2 amide bonds. The van der Waals surface area contributed by atoms with E-state index < -0.39 is 0 Å². The number of hydrogen-bond donors (Lipinski definition) is 2. The van der Waals surface area contributed by atoms with Gasteiger partial charge in [-0.15, -0.1) is 0 Å². The van der Waals surface area contributed by atoms with Crippen LogP contribution in [0.15, 0.2) is 22.7 Å². The molecule has 0 spiro atoms. The number of hydrogen-bond acceptors (Lipinski definition) is 2. The standard InChI is InChI=1S/C10H11BrN2O2.C2H6/c1-6(14)13-9-4-3-7(5-8(9)11)10(15)12-2;1-2/h3-5H,1-2H3,(H,12,15)(H,13,14);1-2H3. The van der Waals surface area contributed by atoms with Gasteiger partial charge in [0.2, 0.25) is 5.91 Å². The van der Waals surface area contributed by atoms with Gasteiger partial charge in [0.25, 0.3) is 5.91 Å². The van der Waals surface area contributed by atoms with Crippen LogP contribution in [0, 0.1) is 0 Å². The lowest BCUT2D eigenvalue weighted by molar-refractivity contribution is -0.114. The van der Waals surface area contributed by atoms with Crippen molar-refractivity contribution in [1.82, 2.24) is 5.32 Å². The second kappa shape index (κ2) is 7.84. The summed E-state index contributed by atoms with van der Waals surface area (Å²) in [6, 6.07) is 4.98. The normalized spacial score (nSPS) is 8.76. The predicted molar refractivity (Wildman–Crippen MR) is 73.2 cm³/mol. The maximum Gasteiger partial charge on any atom is 0.251 e. The first-order chi connectivity index (χ1) is 8.04. The third-order valence-electron chi connectivity index (χ3n) is 1.77. The number of halogens is 1. The first kappa shape index (κ1) is 15.6. The van der Waals surface area contributed by atoms with Crippen LogP contribution in [0.5, 0.6) is 0 Å². The highest BCUT2D eigenvalue weighted by molar-refractivity contribution is 9.10. The van der Waals surface area contributed by atoms with E-state index >= 15 is 0 Å². The van der Waals surface area contributed by atoms with Crippen molar-refractivity contribution < 1.29 is 9.59 Å². The lowest BCUT2D eigenvalue weighted by Crippen LogP contribution is -2.17. The van der Waals surface area contributed by atoms with Crippen LogP contribution in [0.3, 0.4) is 0 Å². The fourth-order valence-electron chi connectivity index (χ4n) is 1.09. The van der Waals surface area contributed by atoms with Gasteiger partial charge in [0, 0.05) is 24.0 Å². The fourth-order valence-corrected chi connectivity index (χ4v) is 1.57. The summed E-state index contributed by atoms with van der Waals surface area (Å²) in [4.78, 5) is 22.1. The molecule has 0 atom stereocenters. The Morgan fingerprint density at radius 3 is 2.24 bits per heavy atom. The molecule has 0 aliphatic rings. The van der Waals surface area contributed by atoms with E-state index in [-0.39, 0.29) is 11.8 Å². The number of carbonyl (C=O) groups is 2. The minimum absolute atomic E-state index is 0.150. The van der Waals surface area contributed by atoms with Gasteiger partial charge in [0.1, 0.15) is 0 Å². The van der Waals surface area contributed by atoms with Gasteiger partial charge in [-0.3, -0.25) is 9.59 Å². The van der Waals surface area contributed by atoms with E-state index in [1.165, 1.54) is 6.92 Å². The predicted octanol–water partition coefficient (Wildman–Crippen LogP) is 2.79. The number of anilines is 1. The Morgan fingerprint density at radius 2 is 1.82 bits per heavy atom. The summed E-state index contributed by atoms with van der Waals surface area (Å²) in [6.07, 6.45) is 0. The third kappa shape index (κ3) is 4.99. The maximum absolute atomic E-state index is 11.3. The largest absolute Gasteiger partial charge is 0.355 e. The first-order valence-electron chi connectivity index (χ1n) is 5.34. The Balaban J connectivity index is 0.00000121. The van der Waals surface area contributed by atoms with Crippen molar-refractivity contribution in [3.63, 3.8) is 0 Å². The van der Waals surface area contributed by atoms with Gasteiger partial charge in [-0.25, -0.2) is 0 Å². The summed E-state index contributed by atoms with van der Waals surface area (Å²) >= 11 is 3.28. The van der Waals surface area contributed by atoms with E-state index in [2.05, 4.69) is 26.6 Å². The van der Waals surface area contributed by atoms with Crippen LogP contribution in [-0.4, -0.2) is 18.9 Å². The molecule has 1 rings (SSSR count). The van der Waals surface area contributed by atoms with E-state index in [9.17, 15) is 9.59 Å². The summed E-state index contributed by atoms with van der Waals surface area (Å²) in [5.41, 5.74) is 1.19. The quantitative estimate of drug-likeness (QED) is 0.882. The molecule has 0 fully saturated rings. The zero-order chi connectivity index (χ0) is 13.4. The van der Waals surface area contributed by atoms with Crippen molar-refractivity contribution >= 4 is 33.4 Å². The van der Waals surface area contributed by atoms with Crippen molar-refractivity contribution in [3.05, 3.63) is 28.2 Å². The second-order valence-electron chi connectivity index (χ2n) is 2.95. The molecule has 0 aliphatic heterocycles.